The Balaban J connectivity index is 2.08. The molecule has 0 amide bonds. The Kier molecular flexibility index (Phi) is 4.70. The number of aliphatic hydroxyl groups is 1. The van der Waals surface area contributed by atoms with Crippen LogP contribution in [0.3, 0.4) is 0 Å². The van der Waals surface area contributed by atoms with Gasteiger partial charge in [0, 0.05) is 0 Å². The third-order valence-corrected chi connectivity index (χ3v) is 2.55. The molecule has 102 valence electrons. The van der Waals surface area contributed by atoms with Gasteiger partial charge in [-0.15, -0.1) is 0 Å². The van der Waals surface area contributed by atoms with Gasteiger partial charge in [-0.2, -0.15) is 0 Å². The van der Waals surface area contributed by atoms with Crippen LogP contribution in [0.1, 0.15) is 11.1 Å². The molecule has 0 aliphatic carbocycles. The normalized spacial score (nSPS) is 9.75. The number of ether oxygens (including phenoxy) is 1. The van der Waals surface area contributed by atoms with Gasteiger partial charge < -0.3 is 9.84 Å². The first-order chi connectivity index (χ1) is 9.69. The highest BCUT2D eigenvalue weighted by molar-refractivity contribution is 5.38. The van der Waals surface area contributed by atoms with E-state index in [1.54, 1.807) is 12.1 Å². The lowest BCUT2D eigenvalue weighted by molar-refractivity contribution is 0.305. The Morgan fingerprint density at radius 1 is 1.05 bits per heavy atom. The van der Waals surface area contributed by atoms with Crippen molar-refractivity contribution < 1.29 is 18.6 Å². The number of halogens is 2. The Labute approximate surface area is 115 Å². The van der Waals surface area contributed by atoms with E-state index in [1.165, 1.54) is 30.3 Å². The van der Waals surface area contributed by atoms with Crippen molar-refractivity contribution in [3.05, 3.63) is 65.2 Å². The summed E-state index contributed by atoms with van der Waals surface area (Å²) in [5.74, 6) is 4.67. The highest BCUT2D eigenvalue weighted by atomic mass is 19.1. The van der Waals surface area contributed by atoms with Gasteiger partial charge in [-0.05, 0) is 42.0 Å². The Morgan fingerprint density at radius 3 is 2.50 bits per heavy atom. The Morgan fingerprint density at radius 2 is 1.80 bits per heavy atom. The molecule has 20 heavy (non-hydrogen) atoms. The van der Waals surface area contributed by atoms with E-state index < -0.39 is 5.82 Å². The second kappa shape index (κ2) is 6.69. The maximum atomic E-state index is 13.4. The lowest BCUT2D eigenvalue weighted by Crippen LogP contribution is -1.97. The topological polar surface area (TPSA) is 29.5 Å². The minimum atomic E-state index is -0.448. The average Bonchev–Trinajstić information content (AvgIpc) is 2.46. The van der Waals surface area contributed by atoms with Crippen molar-refractivity contribution in [2.24, 2.45) is 0 Å². The summed E-state index contributed by atoms with van der Waals surface area (Å²) in [5.41, 5.74) is 0.942. The summed E-state index contributed by atoms with van der Waals surface area (Å²) in [5, 5.41) is 8.61. The lowest BCUT2D eigenvalue weighted by Gasteiger charge is -2.07. The molecule has 0 fully saturated rings. The Bertz CT molecular complexity index is 640. The maximum Gasteiger partial charge on any atom is 0.138 e. The van der Waals surface area contributed by atoms with Crippen LogP contribution in [0.4, 0.5) is 8.78 Å². The van der Waals surface area contributed by atoms with Crippen LogP contribution < -0.4 is 4.74 Å². The van der Waals surface area contributed by atoms with Crippen molar-refractivity contribution in [3.8, 4) is 17.6 Å². The summed E-state index contributed by atoms with van der Waals surface area (Å²) in [7, 11) is 0. The number of rotatable bonds is 3. The van der Waals surface area contributed by atoms with Gasteiger partial charge in [-0.1, -0.05) is 17.9 Å². The number of hydrogen-bond acceptors (Lipinski definition) is 2. The molecule has 4 heteroatoms. The zero-order chi connectivity index (χ0) is 14.4. The van der Waals surface area contributed by atoms with E-state index in [0.29, 0.717) is 5.75 Å². The van der Waals surface area contributed by atoms with Gasteiger partial charge in [0.1, 0.15) is 30.6 Å². The van der Waals surface area contributed by atoms with Crippen molar-refractivity contribution in [2.45, 2.75) is 6.61 Å². The predicted octanol–water partition coefficient (Wildman–Crippen LogP) is 2.89. The van der Waals surface area contributed by atoms with Gasteiger partial charge in [0.2, 0.25) is 0 Å². The van der Waals surface area contributed by atoms with Crippen LogP contribution in [0.15, 0.2) is 42.5 Å². The van der Waals surface area contributed by atoms with Crippen molar-refractivity contribution in [2.75, 3.05) is 6.61 Å². The van der Waals surface area contributed by atoms with Crippen LogP contribution in [-0.2, 0) is 6.61 Å². The monoisotopic (exact) mass is 274 g/mol. The third-order valence-electron chi connectivity index (χ3n) is 2.55. The lowest BCUT2D eigenvalue weighted by atomic mass is 10.1. The quantitative estimate of drug-likeness (QED) is 0.872. The fourth-order valence-corrected chi connectivity index (χ4v) is 1.59. The van der Waals surface area contributed by atoms with E-state index in [9.17, 15) is 8.78 Å². The predicted molar refractivity (Wildman–Crippen MR) is 71.1 cm³/mol. The Hall–Kier alpha value is -2.38. The van der Waals surface area contributed by atoms with Gasteiger partial charge in [0.25, 0.3) is 0 Å². The molecular weight excluding hydrogens is 262 g/mol. The van der Waals surface area contributed by atoms with Crippen molar-refractivity contribution in [1.29, 1.82) is 0 Å². The molecule has 0 atom stereocenters. The molecule has 0 unspecified atom stereocenters. The summed E-state index contributed by atoms with van der Waals surface area (Å²) in [4.78, 5) is 0. The minimum Gasteiger partial charge on any atom is -0.489 e. The summed E-state index contributed by atoms with van der Waals surface area (Å²) >= 11 is 0. The minimum absolute atomic E-state index is 0.208. The molecule has 0 heterocycles. The molecule has 0 spiro atoms. The fraction of sp³-hybridized carbons (Fsp3) is 0.125. The van der Waals surface area contributed by atoms with E-state index in [1.807, 2.05) is 0 Å². The van der Waals surface area contributed by atoms with Crippen LogP contribution in [-0.4, -0.2) is 11.7 Å². The van der Waals surface area contributed by atoms with Gasteiger partial charge in [-0.3, -0.25) is 0 Å². The molecule has 1 N–H and O–H groups in total. The molecule has 0 aliphatic rings. The first-order valence-electron chi connectivity index (χ1n) is 5.95. The molecule has 0 bridgehead atoms. The fourth-order valence-electron chi connectivity index (χ4n) is 1.59. The second-order valence-corrected chi connectivity index (χ2v) is 4.02. The largest absolute Gasteiger partial charge is 0.489 e. The van der Waals surface area contributed by atoms with E-state index in [-0.39, 0.29) is 24.6 Å². The van der Waals surface area contributed by atoms with Gasteiger partial charge in [0.05, 0.1) is 5.56 Å². The molecule has 2 aromatic rings. The molecule has 0 saturated carbocycles. The van der Waals surface area contributed by atoms with Crippen LogP contribution >= 0.6 is 0 Å². The van der Waals surface area contributed by atoms with Crippen LogP contribution in [0.25, 0.3) is 0 Å². The molecule has 0 saturated heterocycles. The third kappa shape index (κ3) is 3.81. The van der Waals surface area contributed by atoms with Gasteiger partial charge in [-0.25, -0.2) is 8.78 Å². The smallest absolute Gasteiger partial charge is 0.138 e. The summed E-state index contributed by atoms with van der Waals surface area (Å²) in [6.07, 6.45) is 0. The van der Waals surface area contributed by atoms with Crippen molar-refractivity contribution in [3.63, 3.8) is 0 Å². The molecule has 0 radical (unpaired) electrons. The molecule has 0 aromatic heterocycles. The van der Waals surface area contributed by atoms with Crippen LogP contribution in [0, 0.1) is 23.5 Å². The molecule has 2 nitrogen and oxygen atoms in total. The summed E-state index contributed by atoms with van der Waals surface area (Å²) in [6.45, 7) is -0.102. The first kappa shape index (κ1) is 14.0. The van der Waals surface area contributed by atoms with Crippen molar-refractivity contribution in [1.82, 2.24) is 0 Å². The van der Waals surface area contributed by atoms with Crippen LogP contribution in [0.5, 0.6) is 5.75 Å². The molecular formula is C16H12F2O2. The highest BCUT2D eigenvalue weighted by Gasteiger charge is 2.02. The maximum absolute atomic E-state index is 13.4. The molecule has 2 aromatic carbocycles. The van der Waals surface area contributed by atoms with Crippen molar-refractivity contribution >= 4 is 0 Å². The van der Waals surface area contributed by atoms with E-state index in [2.05, 4.69) is 11.8 Å². The standard InChI is InChI=1S/C16H12F2O2/c17-14-4-6-15(7-5-14)20-11-12-3-8-16(18)13(10-12)2-1-9-19/h3-8,10,19H,9,11H2. The van der Waals surface area contributed by atoms with Gasteiger partial charge >= 0.3 is 0 Å². The summed E-state index contributed by atoms with van der Waals surface area (Å²) < 4.78 is 31.6. The summed E-state index contributed by atoms with van der Waals surface area (Å²) in [6, 6.07) is 10.1. The van der Waals surface area contributed by atoms with Crippen LogP contribution in [0.2, 0.25) is 0 Å². The number of benzene rings is 2. The second-order valence-electron chi connectivity index (χ2n) is 4.02. The molecule has 0 aliphatic heterocycles. The number of hydrogen-bond donors (Lipinski definition) is 1. The van der Waals surface area contributed by atoms with E-state index in [4.69, 9.17) is 9.84 Å². The average molecular weight is 274 g/mol. The first-order valence-corrected chi connectivity index (χ1v) is 5.95. The highest BCUT2D eigenvalue weighted by Crippen LogP contribution is 2.15. The van der Waals surface area contributed by atoms with E-state index in [0.717, 1.165) is 5.56 Å². The zero-order valence-electron chi connectivity index (χ0n) is 10.6. The SMILES string of the molecule is OCC#Cc1cc(COc2ccc(F)cc2)ccc1F. The van der Waals surface area contributed by atoms with E-state index >= 15 is 0 Å². The van der Waals surface area contributed by atoms with Gasteiger partial charge in [0.15, 0.2) is 0 Å². The zero-order valence-corrected chi connectivity index (χ0v) is 10.6. The number of aliphatic hydroxyl groups excluding tert-OH is 1. The molecule has 2 rings (SSSR count).